The van der Waals surface area contributed by atoms with Crippen molar-refractivity contribution in [3.63, 3.8) is 0 Å². The van der Waals surface area contributed by atoms with Crippen LogP contribution < -0.4 is 4.90 Å². The molecule has 0 aliphatic carbocycles. The number of pyridine rings is 2. The van der Waals surface area contributed by atoms with E-state index in [0.717, 1.165) is 100 Å². The third-order valence-corrected chi connectivity index (χ3v) is 19.8. The number of aromatic nitrogens is 6. The molecule has 18 rings (SSSR count). The number of hydrogen-bond acceptors (Lipinski definition) is 8. The number of para-hydroxylation sites is 1. The fourth-order valence-electron chi connectivity index (χ4n) is 13.0. The Morgan fingerprint density at radius 3 is 1.20 bits per heavy atom. The van der Waals surface area contributed by atoms with E-state index >= 15 is 0 Å². The number of nitrogens with one attached hydrogen (secondary N) is 2. The van der Waals surface area contributed by atoms with Crippen LogP contribution in [-0.2, 0) is 0 Å². The molecule has 0 unspecified atom stereocenters. The van der Waals surface area contributed by atoms with Gasteiger partial charge < -0.3 is 9.13 Å². The first-order chi connectivity index (χ1) is 46.0. The molecule has 0 fully saturated rings. The van der Waals surface area contributed by atoms with Gasteiger partial charge in [0.1, 0.15) is 11.7 Å². The summed E-state index contributed by atoms with van der Waals surface area (Å²) in [5.41, 5.74) is 17.7. The number of hydrogen-bond donors (Lipinski definition) is 2. The smallest absolute Gasteiger partial charge is 0.159 e. The molecule has 0 atom stereocenters. The highest BCUT2D eigenvalue weighted by Crippen LogP contribution is 2.46. The second-order valence-electron chi connectivity index (χ2n) is 22.9. The first-order valence-electron chi connectivity index (χ1n) is 30.8. The maximum Gasteiger partial charge on any atom is 0.159 e. The van der Waals surface area contributed by atoms with E-state index in [1.54, 1.807) is 4.90 Å². The number of benzene rings is 11. The fraction of sp³-hybridized carbons (Fsp3) is 0. The van der Waals surface area contributed by atoms with Crippen LogP contribution in [0.4, 0.5) is 5.69 Å². The SMILES string of the molecule is N=C(c1ccccc1)N(C(=N)c1ccc(-n2c3ccc(-c4ccccc4)nc3c3c4sc5ccccc5c4ccc32)cc1)c1ccccc1.c1ccc(-c2ccnc(-c3ccc(-n4c5ccc(-c6ccccc6)nc5c5c6sc7ccccc7c6ccc54)cc3)n2)cc1. The minimum atomic E-state index is 0.231. The predicted molar refractivity (Wildman–Crippen MR) is 389 cm³/mol. The molecular weight excluding hydrogens is 1180 g/mol. The van der Waals surface area contributed by atoms with Gasteiger partial charge in [-0.3, -0.25) is 15.7 Å². The number of fused-ring (bicyclic) bond motifs is 14. The lowest BCUT2D eigenvalue weighted by molar-refractivity contribution is 1.16. The molecule has 0 saturated heterocycles. The van der Waals surface area contributed by atoms with E-state index < -0.39 is 0 Å². The van der Waals surface area contributed by atoms with Crippen molar-refractivity contribution in [3.8, 4) is 56.5 Å². The van der Waals surface area contributed by atoms with Crippen LogP contribution in [0.2, 0.25) is 0 Å². The van der Waals surface area contributed by atoms with Crippen LogP contribution in [0.5, 0.6) is 0 Å². The maximum absolute atomic E-state index is 9.33. The maximum atomic E-state index is 9.33. The van der Waals surface area contributed by atoms with E-state index in [1.807, 2.05) is 150 Å². The molecule has 0 spiro atoms. The van der Waals surface area contributed by atoms with Crippen LogP contribution >= 0.6 is 22.7 Å². The predicted octanol–water partition coefficient (Wildman–Crippen LogP) is 21.4. The van der Waals surface area contributed by atoms with Crippen LogP contribution in [0.1, 0.15) is 11.1 Å². The van der Waals surface area contributed by atoms with Crippen molar-refractivity contribution in [2.24, 2.45) is 0 Å². The summed E-state index contributed by atoms with van der Waals surface area (Å²) in [4.78, 5) is 21.8. The highest BCUT2D eigenvalue weighted by Gasteiger charge is 2.24. The van der Waals surface area contributed by atoms with E-state index in [4.69, 9.17) is 20.4 Å². The lowest BCUT2D eigenvalue weighted by Gasteiger charge is -2.26. The summed E-state index contributed by atoms with van der Waals surface area (Å²) in [5, 5.41) is 25.8. The molecule has 11 aromatic carbocycles. The summed E-state index contributed by atoms with van der Waals surface area (Å²) in [6.45, 7) is 0. The Balaban J connectivity index is 0.000000143. The zero-order valence-corrected chi connectivity index (χ0v) is 51.5. The molecule has 9 nitrogen and oxygen atoms in total. The van der Waals surface area contributed by atoms with E-state index in [2.05, 4.69) is 196 Å². The molecule has 18 aromatic rings. The molecule has 7 heterocycles. The monoisotopic (exact) mass is 1230 g/mol. The zero-order valence-electron chi connectivity index (χ0n) is 49.9. The third-order valence-electron chi connectivity index (χ3n) is 17.4. The van der Waals surface area contributed by atoms with E-state index in [1.165, 1.54) is 45.7 Å². The number of amidine groups is 2. The van der Waals surface area contributed by atoms with Crippen molar-refractivity contribution in [2.75, 3.05) is 4.90 Å². The third kappa shape index (κ3) is 9.69. The average Bonchev–Trinajstić information content (AvgIpc) is 1.57. The first-order valence-corrected chi connectivity index (χ1v) is 32.4. The molecular formula is C82H53N9S2. The molecule has 0 bridgehead atoms. The summed E-state index contributed by atoms with van der Waals surface area (Å²) in [5.74, 6) is 1.19. The molecule has 0 radical (unpaired) electrons. The molecule has 0 aliphatic heterocycles. The van der Waals surface area contributed by atoms with Gasteiger partial charge in [-0.05, 0) is 115 Å². The molecule has 7 aromatic heterocycles. The van der Waals surface area contributed by atoms with E-state index in [9.17, 15) is 5.41 Å². The lowest BCUT2D eigenvalue weighted by atomic mass is 10.1. The minimum Gasteiger partial charge on any atom is -0.308 e. The van der Waals surface area contributed by atoms with Crippen molar-refractivity contribution in [2.45, 2.75) is 0 Å². The highest BCUT2D eigenvalue weighted by molar-refractivity contribution is 7.27. The van der Waals surface area contributed by atoms with Gasteiger partial charge in [0.25, 0.3) is 0 Å². The summed E-state index contributed by atoms with van der Waals surface area (Å²) >= 11 is 3.66. The standard InChI is InChI=1S/C43H29N5S.C39H24N4S/c44-42(29-14-6-2-7-15-29)48(31-16-8-3-9-17-31)43(45)30-20-22-32(23-21-30)47-36-26-24-34-33-18-10-11-19-38(33)49-41(34)39(36)40-37(47)27-25-35(46-40)28-12-4-1-5-13-28;1-3-9-25(10-4-1)31-20-22-34-37(41-31)36-33(21-19-30-29-13-7-8-14-35(29)44-38(30)36)43(34)28-17-15-27(16-18-28)39-40-24-23-32(42-39)26-11-5-2-6-12-26/h1-27,44-45H;1-24H. The zero-order chi connectivity index (χ0) is 61.9. The summed E-state index contributed by atoms with van der Waals surface area (Å²) < 4.78 is 9.67. The van der Waals surface area contributed by atoms with E-state index in [0.29, 0.717) is 11.4 Å². The Kier molecular flexibility index (Phi) is 13.7. The molecule has 438 valence electrons. The summed E-state index contributed by atoms with van der Waals surface area (Å²) in [7, 11) is 0. The number of nitrogens with zero attached hydrogens (tertiary/aromatic N) is 7. The van der Waals surface area contributed by atoms with Gasteiger partial charge in [-0.1, -0.05) is 188 Å². The van der Waals surface area contributed by atoms with Crippen LogP contribution in [0.3, 0.4) is 0 Å². The Hall–Kier alpha value is -12.0. The first kappa shape index (κ1) is 55.1. The van der Waals surface area contributed by atoms with Gasteiger partial charge >= 0.3 is 0 Å². The van der Waals surface area contributed by atoms with E-state index in [-0.39, 0.29) is 11.7 Å². The number of anilines is 1. The largest absolute Gasteiger partial charge is 0.308 e. The second-order valence-corrected chi connectivity index (χ2v) is 25.0. The average molecular weight is 1230 g/mol. The highest BCUT2D eigenvalue weighted by atomic mass is 32.1. The van der Waals surface area contributed by atoms with Gasteiger partial charge in [-0.25, -0.2) is 19.9 Å². The van der Waals surface area contributed by atoms with Crippen molar-refractivity contribution in [1.82, 2.24) is 29.1 Å². The quantitative estimate of drug-likeness (QED) is 0.110. The number of rotatable bonds is 9. The molecule has 2 N–H and O–H groups in total. The molecule has 0 saturated carbocycles. The second kappa shape index (κ2) is 23.1. The van der Waals surface area contributed by atoms with Gasteiger partial charge in [0, 0.05) is 108 Å². The van der Waals surface area contributed by atoms with Crippen molar-refractivity contribution >= 4 is 124 Å². The van der Waals surface area contributed by atoms with Gasteiger partial charge in [-0.2, -0.15) is 0 Å². The van der Waals surface area contributed by atoms with Gasteiger partial charge in [0.2, 0.25) is 0 Å². The van der Waals surface area contributed by atoms with Crippen LogP contribution in [-0.4, -0.2) is 40.7 Å². The number of thiophene rings is 2. The lowest BCUT2D eigenvalue weighted by Crippen LogP contribution is -2.37. The molecule has 11 heteroatoms. The Labute approximate surface area is 542 Å². The van der Waals surface area contributed by atoms with Crippen molar-refractivity contribution in [1.29, 1.82) is 10.8 Å². The fourth-order valence-corrected chi connectivity index (χ4v) is 15.5. The van der Waals surface area contributed by atoms with Crippen molar-refractivity contribution < 1.29 is 0 Å². The van der Waals surface area contributed by atoms with Gasteiger partial charge in [0.05, 0.1) is 50.2 Å². The topological polar surface area (TPSA) is 112 Å². The summed E-state index contributed by atoms with van der Waals surface area (Å²) in [6, 6.07) is 104. The van der Waals surface area contributed by atoms with Crippen LogP contribution in [0.25, 0.3) is 141 Å². The molecule has 93 heavy (non-hydrogen) atoms. The minimum absolute atomic E-state index is 0.231. The Morgan fingerprint density at radius 2 is 0.720 bits per heavy atom. The molecule has 0 aliphatic rings. The van der Waals surface area contributed by atoms with Crippen molar-refractivity contribution in [3.05, 3.63) is 321 Å². The summed E-state index contributed by atoms with van der Waals surface area (Å²) in [6.07, 6.45) is 1.83. The Morgan fingerprint density at radius 1 is 0.323 bits per heavy atom. The van der Waals surface area contributed by atoms with Crippen LogP contribution in [0, 0.1) is 10.8 Å². The van der Waals surface area contributed by atoms with Gasteiger partial charge in [0.15, 0.2) is 5.82 Å². The Bertz CT molecular complexity index is 5880. The van der Waals surface area contributed by atoms with Crippen LogP contribution in [0.15, 0.2) is 310 Å². The normalized spacial score (nSPS) is 11.5. The molecule has 0 amide bonds. The van der Waals surface area contributed by atoms with Gasteiger partial charge in [-0.15, -0.1) is 22.7 Å².